The molecule has 0 unspecified atom stereocenters. The Morgan fingerprint density at radius 2 is 1.82 bits per heavy atom. The van der Waals surface area contributed by atoms with E-state index >= 15 is 0 Å². The average Bonchev–Trinajstić information content (AvgIpc) is 3.28. The first kappa shape index (κ1) is 27.6. The minimum atomic E-state index is -4.16. The number of hydrogen-bond acceptors (Lipinski definition) is 8. The van der Waals surface area contributed by atoms with Gasteiger partial charge in [-0.3, -0.25) is 14.4 Å². The van der Waals surface area contributed by atoms with Crippen LogP contribution in [0.15, 0.2) is 83.1 Å². The summed E-state index contributed by atoms with van der Waals surface area (Å²) in [7, 11) is -6.14. The zero-order chi connectivity index (χ0) is 27.7. The first-order chi connectivity index (χ1) is 18.0. The molecule has 0 aliphatic carbocycles. The van der Waals surface area contributed by atoms with Crippen molar-refractivity contribution in [2.24, 2.45) is 0 Å². The predicted octanol–water partition coefficient (Wildman–Crippen LogP) is 5.00. The Kier molecular flexibility index (Phi) is 7.79. The second kappa shape index (κ2) is 10.7. The van der Waals surface area contributed by atoms with E-state index in [-0.39, 0.29) is 32.1 Å². The van der Waals surface area contributed by atoms with Crippen LogP contribution in [0.4, 0.5) is 10.8 Å². The fraction of sp³-hybridized carbons (Fsp3) is 0.120. The lowest BCUT2D eigenvalue weighted by Gasteiger charge is -2.25. The molecule has 1 aromatic heterocycles. The number of amides is 1. The molecule has 38 heavy (non-hydrogen) atoms. The number of halogens is 1. The van der Waals surface area contributed by atoms with Crippen molar-refractivity contribution >= 4 is 69.7 Å². The van der Waals surface area contributed by atoms with Gasteiger partial charge in [-0.05, 0) is 48.5 Å². The molecule has 3 aromatic carbocycles. The Morgan fingerprint density at radius 3 is 2.50 bits per heavy atom. The van der Waals surface area contributed by atoms with Crippen molar-refractivity contribution < 1.29 is 26.4 Å². The number of hydrogen-bond donors (Lipinski definition) is 1. The zero-order valence-electron chi connectivity index (χ0n) is 20.2. The van der Waals surface area contributed by atoms with Gasteiger partial charge in [-0.1, -0.05) is 41.1 Å². The number of para-hydroxylation sites is 2. The molecule has 4 rings (SSSR count). The molecule has 0 atom stereocenters. The van der Waals surface area contributed by atoms with Crippen LogP contribution in [0, 0.1) is 0 Å². The van der Waals surface area contributed by atoms with Crippen LogP contribution in [0.1, 0.15) is 10.4 Å². The third-order valence-electron chi connectivity index (χ3n) is 5.43. The monoisotopic (exact) mass is 591 g/mol. The van der Waals surface area contributed by atoms with Gasteiger partial charge >= 0.3 is 0 Å². The molecule has 0 spiro atoms. The normalized spacial score (nSPS) is 11.8. The number of carbonyl (C=O) groups is 1. The number of fused-ring (bicyclic) bond motifs is 1. The Balaban J connectivity index is 1.68. The predicted molar refractivity (Wildman–Crippen MR) is 150 cm³/mol. The van der Waals surface area contributed by atoms with Crippen molar-refractivity contribution in [1.29, 1.82) is 0 Å². The van der Waals surface area contributed by atoms with Crippen molar-refractivity contribution in [3.8, 4) is 5.75 Å². The van der Waals surface area contributed by atoms with Crippen LogP contribution in [0.3, 0.4) is 0 Å². The van der Waals surface area contributed by atoms with Crippen LogP contribution in [0.2, 0.25) is 5.02 Å². The highest BCUT2D eigenvalue weighted by molar-refractivity contribution is 7.92. The van der Waals surface area contributed by atoms with Crippen molar-refractivity contribution in [2.75, 3.05) is 29.5 Å². The van der Waals surface area contributed by atoms with Crippen LogP contribution < -0.4 is 14.4 Å². The Bertz CT molecular complexity index is 1770. The lowest BCUT2D eigenvalue weighted by atomic mass is 10.2. The number of benzene rings is 3. The van der Waals surface area contributed by atoms with Crippen LogP contribution in [0.5, 0.6) is 5.75 Å². The van der Waals surface area contributed by atoms with Gasteiger partial charge in [-0.25, -0.2) is 21.8 Å². The van der Waals surface area contributed by atoms with Gasteiger partial charge in [0.25, 0.3) is 15.9 Å². The van der Waals surface area contributed by atoms with E-state index in [1.165, 1.54) is 43.5 Å². The van der Waals surface area contributed by atoms with E-state index in [2.05, 4.69) is 16.9 Å². The van der Waals surface area contributed by atoms with E-state index in [0.717, 1.165) is 21.9 Å². The van der Waals surface area contributed by atoms with Crippen LogP contribution in [-0.2, 0) is 19.9 Å². The number of thiazole rings is 1. The maximum absolute atomic E-state index is 13.7. The second-order valence-electron chi connectivity index (χ2n) is 8.01. The number of ether oxygens (including phenoxy) is 1. The Labute approximate surface area is 229 Å². The minimum absolute atomic E-state index is 0.0366. The molecular formula is C25H22ClN3O6S3. The lowest BCUT2D eigenvalue weighted by Crippen LogP contribution is -2.31. The maximum atomic E-state index is 13.7. The summed E-state index contributed by atoms with van der Waals surface area (Å²) in [6, 6.07) is 14.9. The van der Waals surface area contributed by atoms with Crippen molar-refractivity contribution in [3.63, 3.8) is 0 Å². The lowest BCUT2D eigenvalue weighted by molar-refractivity contribution is 0.102. The van der Waals surface area contributed by atoms with Gasteiger partial charge < -0.3 is 4.74 Å². The van der Waals surface area contributed by atoms with Gasteiger partial charge in [-0.15, -0.1) is 6.58 Å². The first-order valence-electron chi connectivity index (χ1n) is 10.9. The van der Waals surface area contributed by atoms with Crippen LogP contribution in [-0.4, -0.2) is 47.6 Å². The summed E-state index contributed by atoms with van der Waals surface area (Å²) in [6.07, 6.45) is 2.54. The van der Waals surface area contributed by atoms with Gasteiger partial charge in [0, 0.05) is 6.26 Å². The summed E-state index contributed by atoms with van der Waals surface area (Å²) in [5.41, 5.74) is 0.721. The molecule has 0 aliphatic heterocycles. The SMILES string of the molecule is C=CCN(c1ccccc1OC)S(=O)(=O)c1ccc(Cl)c(C(=O)Nc2nc3ccc(S(C)(=O)=O)cc3s2)c1. The summed E-state index contributed by atoms with van der Waals surface area (Å²) in [5.74, 6) is -0.332. The van der Waals surface area contributed by atoms with Gasteiger partial charge in [0.15, 0.2) is 15.0 Å². The molecule has 0 fully saturated rings. The fourth-order valence-electron chi connectivity index (χ4n) is 3.60. The summed E-state index contributed by atoms with van der Waals surface area (Å²) >= 11 is 7.35. The quantitative estimate of drug-likeness (QED) is 0.272. The molecule has 13 heteroatoms. The van der Waals surface area contributed by atoms with Crippen molar-refractivity contribution in [2.45, 2.75) is 9.79 Å². The number of sulfonamides is 1. The Morgan fingerprint density at radius 1 is 1.11 bits per heavy atom. The molecule has 0 aliphatic rings. The van der Waals surface area contributed by atoms with E-state index in [9.17, 15) is 21.6 Å². The molecule has 198 valence electrons. The number of nitrogens with one attached hydrogen (secondary N) is 1. The second-order valence-corrected chi connectivity index (χ2v) is 13.3. The highest BCUT2D eigenvalue weighted by atomic mass is 35.5. The van der Waals surface area contributed by atoms with Gasteiger partial charge in [-0.2, -0.15) is 0 Å². The topological polar surface area (TPSA) is 123 Å². The standard InChI is InChI=1S/C25H22ClN3O6S3/c1-4-13-29(21-7-5-6-8-22(21)35-2)38(33,34)17-9-11-19(26)18(14-17)24(30)28-25-27-20-12-10-16(37(3,31)32)15-23(20)36-25/h4-12,14-15H,1,13H2,2-3H3,(H,27,28,30). The number of anilines is 2. The summed E-state index contributed by atoms with van der Waals surface area (Å²) in [6.45, 7) is 3.61. The van der Waals surface area contributed by atoms with Gasteiger partial charge in [0.2, 0.25) is 0 Å². The molecule has 1 amide bonds. The largest absolute Gasteiger partial charge is 0.495 e. The molecule has 9 nitrogen and oxygen atoms in total. The summed E-state index contributed by atoms with van der Waals surface area (Å²) < 4.78 is 58.0. The zero-order valence-corrected chi connectivity index (χ0v) is 23.4. The maximum Gasteiger partial charge on any atom is 0.264 e. The summed E-state index contributed by atoms with van der Waals surface area (Å²) in [4.78, 5) is 17.4. The smallest absolute Gasteiger partial charge is 0.264 e. The molecule has 1 heterocycles. The van der Waals surface area contributed by atoms with E-state index in [4.69, 9.17) is 16.3 Å². The van der Waals surface area contributed by atoms with Gasteiger partial charge in [0.05, 0.1) is 49.9 Å². The van der Waals surface area contributed by atoms with E-state index in [1.807, 2.05) is 0 Å². The van der Waals surface area contributed by atoms with E-state index in [0.29, 0.717) is 21.7 Å². The van der Waals surface area contributed by atoms with E-state index < -0.39 is 25.8 Å². The molecular weight excluding hydrogens is 570 g/mol. The summed E-state index contributed by atoms with van der Waals surface area (Å²) in [5, 5.41) is 2.85. The van der Waals surface area contributed by atoms with Gasteiger partial charge in [0.1, 0.15) is 5.75 Å². The Hall–Kier alpha value is -3.45. The highest BCUT2D eigenvalue weighted by Gasteiger charge is 2.28. The highest BCUT2D eigenvalue weighted by Crippen LogP contribution is 2.34. The average molecular weight is 592 g/mol. The number of sulfone groups is 1. The van der Waals surface area contributed by atoms with Crippen molar-refractivity contribution in [1.82, 2.24) is 4.98 Å². The van der Waals surface area contributed by atoms with Crippen molar-refractivity contribution in [3.05, 3.63) is 83.9 Å². The minimum Gasteiger partial charge on any atom is -0.495 e. The third kappa shape index (κ3) is 5.53. The van der Waals surface area contributed by atoms with Crippen LogP contribution >= 0.6 is 22.9 Å². The van der Waals surface area contributed by atoms with E-state index in [1.54, 1.807) is 30.3 Å². The molecule has 0 radical (unpaired) electrons. The number of nitrogens with zero attached hydrogens (tertiary/aromatic N) is 2. The fourth-order valence-corrected chi connectivity index (χ4v) is 6.90. The third-order valence-corrected chi connectivity index (χ3v) is 9.58. The molecule has 0 saturated carbocycles. The molecule has 0 saturated heterocycles. The number of carbonyl (C=O) groups excluding carboxylic acids is 1. The number of rotatable bonds is 9. The number of aromatic nitrogens is 1. The first-order valence-corrected chi connectivity index (χ1v) is 15.5. The molecule has 4 aromatic rings. The molecule has 1 N–H and O–H groups in total. The molecule has 0 bridgehead atoms. The number of methoxy groups -OCH3 is 1. The van der Waals surface area contributed by atoms with Crippen LogP contribution in [0.25, 0.3) is 10.2 Å².